The molecular formula is C16H25NO. The number of benzene rings is 1. The number of ketones is 1. The smallest absolute Gasteiger partial charge is 0.154 e. The molecule has 1 unspecified atom stereocenters. The third-order valence-corrected chi connectivity index (χ3v) is 3.54. The van der Waals surface area contributed by atoms with E-state index in [1.54, 1.807) is 0 Å². The Kier molecular flexibility index (Phi) is 6.66. The van der Waals surface area contributed by atoms with E-state index in [-0.39, 0.29) is 5.78 Å². The largest absolute Gasteiger partial charge is 0.318 e. The third kappa shape index (κ3) is 4.61. The molecule has 0 aliphatic rings. The summed E-state index contributed by atoms with van der Waals surface area (Å²) in [6.07, 6.45) is 5.21. The maximum Gasteiger partial charge on any atom is 0.154 e. The van der Waals surface area contributed by atoms with E-state index in [9.17, 15) is 4.79 Å². The van der Waals surface area contributed by atoms with E-state index < -0.39 is 6.04 Å². The summed E-state index contributed by atoms with van der Waals surface area (Å²) < 4.78 is 0. The molecule has 0 fully saturated rings. The summed E-state index contributed by atoms with van der Waals surface area (Å²) in [7, 11) is 0. The van der Waals surface area contributed by atoms with Crippen molar-refractivity contribution in [1.29, 1.82) is 0 Å². The lowest BCUT2D eigenvalue weighted by atomic mass is 9.90. The van der Waals surface area contributed by atoms with Gasteiger partial charge in [0, 0.05) is 6.42 Å². The van der Waals surface area contributed by atoms with Crippen molar-refractivity contribution in [2.45, 2.75) is 52.0 Å². The summed E-state index contributed by atoms with van der Waals surface area (Å²) in [6.45, 7) is 4.34. The highest BCUT2D eigenvalue weighted by Crippen LogP contribution is 2.21. The standard InChI is InChI=1S/C16H25NO/c1-3-5-9-13(4-2)12-15(18)16(17)14-10-7-6-8-11-14/h6-8,10-11,13,16H,3-5,9,12,17H2,1-2H3/t13?,16-/m1/s1. The van der Waals surface area contributed by atoms with Crippen LogP contribution in [-0.2, 0) is 4.79 Å². The minimum atomic E-state index is -0.457. The summed E-state index contributed by atoms with van der Waals surface area (Å²) in [5.41, 5.74) is 6.94. The molecule has 2 nitrogen and oxygen atoms in total. The van der Waals surface area contributed by atoms with Crippen LogP contribution < -0.4 is 5.73 Å². The van der Waals surface area contributed by atoms with Crippen molar-refractivity contribution < 1.29 is 4.79 Å². The zero-order valence-corrected chi connectivity index (χ0v) is 11.6. The maximum atomic E-state index is 12.2. The van der Waals surface area contributed by atoms with Crippen LogP contribution in [0.15, 0.2) is 30.3 Å². The van der Waals surface area contributed by atoms with E-state index in [4.69, 9.17) is 5.73 Å². The van der Waals surface area contributed by atoms with Gasteiger partial charge in [0.15, 0.2) is 5.78 Å². The molecule has 0 spiro atoms. The Balaban J connectivity index is 2.53. The zero-order valence-electron chi connectivity index (χ0n) is 11.6. The number of nitrogens with two attached hydrogens (primary N) is 1. The van der Waals surface area contributed by atoms with Gasteiger partial charge in [-0.1, -0.05) is 69.9 Å². The van der Waals surface area contributed by atoms with Gasteiger partial charge < -0.3 is 5.73 Å². The molecule has 1 aromatic carbocycles. The molecular weight excluding hydrogens is 222 g/mol. The molecule has 1 aromatic rings. The minimum absolute atomic E-state index is 0.171. The van der Waals surface area contributed by atoms with Crippen LogP contribution in [0.1, 0.15) is 57.6 Å². The van der Waals surface area contributed by atoms with Gasteiger partial charge in [-0.2, -0.15) is 0 Å². The Morgan fingerprint density at radius 1 is 1.22 bits per heavy atom. The van der Waals surface area contributed by atoms with Gasteiger partial charge >= 0.3 is 0 Å². The first-order valence-electron chi connectivity index (χ1n) is 7.02. The first-order chi connectivity index (χ1) is 8.69. The summed E-state index contributed by atoms with van der Waals surface area (Å²) in [4.78, 5) is 12.2. The number of hydrogen-bond donors (Lipinski definition) is 1. The van der Waals surface area contributed by atoms with Crippen LogP contribution in [0.4, 0.5) is 0 Å². The molecule has 0 aliphatic carbocycles. The predicted octanol–water partition coefficient (Wildman–Crippen LogP) is 3.86. The van der Waals surface area contributed by atoms with Crippen LogP contribution >= 0.6 is 0 Å². The Labute approximate surface area is 111 Å². The van der Waals surface area contributed by atoms with E-state index in [0.717, 1.165) is 18.4 Å². The van der Waals surface area contributed by atoms with Gasteiger partial charge in [-0.15, -0.1) is 0 Å². The van der Waals surface area contributed by atoms with Crippen molar-refractivity contribution in [3.63, 3.8) is 0 Å². The summed E-state index contributed by atoms with van der Waals surface area (Å²) in [5, 5.41) is 0. The molecule has 0 aromatic heterocycles. The highest BCUT2D eigenvalue weighted by atomic mass is 16.1. The van der Waals surface area contributed by atoms with Crippen molar-refractivity contribution in [3.8, 4) is 0 Å². The average molecular weight is 247 g/mol. The lowest BCUT2D eigenvalue weighted by molar-refractivity contribution is -0.121. The van der Waals surface area contributed by atoms with Gasteiger partial charge in [0.05, 0.1) is 6.04 Å². The van der Waals surface area contributed by atoms with Gasteiger partial charge in [0.1, 0.15) is 0 Å². The third-order valence-electron chi connectivity index (χ3n) is 3.54. The van der Waals surface area contributed by atoms with E-state index in [0.29, 0.717) is 12.3 Å². The number of unbranched alkanes of at least 4 members (excludes halogenated alkanes) is 1. The van der Waals surface area contributed by atoms with Crippen molar-refractivity contribution in [2.24, 2.45) is 11.7 Å². The fourth-order valence-corrected chi connectivity index (χ4v) is 2.20. The molecule has 0 amide bonds. The van der Waals surface area contributed by atoms with E-state index >= 15 is 0 Å². The molecule has 1 rings (SSSR count). The van der Waals surface area contributed by atoms with Crippen LogP contribution in [0.2, 0.25) is 0 Å². The van der Waals surface area contributed by atoms with E-state index in [1.165, 1.54) is 12.8 Å². The number of carbonyl (C=O) groups is 1. The molecule has 0 saturated carbocycles. The highest BCUT2D eigenvalue weighted by molar-refractivity contribution is 5.85. The van der Waals surface area contributed by atoms with E-state index in [1.807, 2.05) is 30.3 Å². The molecule has 0 aliphatic heterocycles. The quantitative estimate of drug-likeness (QED) is 0.758. The molecule has 0 bridgehead atoms. The second kappa shape index (κ2) is 8.04. The Morgan fingerprint density at radius 3 is 2.44 bits per heavy atom. The van der Waals surface area contributed by atoms with Crippen LogP contribution in [0.25, 0.3) is 0 Å². The molecule has 2 atom stereocenters. The predicted molar refractivity (Wildman–Crippen MR) is 76.3 cm³/mol. The Hall–Kier alpha value is -1.15. The van der Waals surface area contributed by atoms with Crippen molar-refractivity contribution >= 4 is 5.78 Å². The van der Waals surface area contributed by atoms with Gasteiger partial charge in [-0.25, -0.2) is 0 Å². The van der Waals surface area contributed by atoms with Gasteiger partial charge in [-0.3, -0.25) is 4.79 Å². The second-order valence-electron chi connectivity index (χ2n) is 4.98. The van der Waals surface area contributed by atoms with Crippen molar-refractivity contribution in [1.82, 2.24) is 0 Å². The number of Topliss-reactive ketones (excluding diaryl/α,β-unsaturated/α-hetero) is 1. The minimum Gasteiger partial charge on any atom is -0.318 e. The van der Waals surface area contributed by atoms with Gasteiger partial charge in [-0.05, 0) is 11.5 Å². The molecule has 0 radical (unpaired) electrons. The monoisotopic (exact) mass is 247 g/mol. The normalized spacial score (nSPS) is 14.2. The van der Waals surface area contributed by atoms with Crippen molar-refractivity contribution in [2.75, 3.05) is 0 Å². The maximum absolute atomic E-state index is 12.2. The number of carbonyl (C=O) groups excluding carboxylic acids is 1. The Bertz CT molecular complexity index is 347. The number of rotatable bonds is 8. The molecule has 0 heterocycles. The summed E-state index contributed by atoms with van der Waals surface area (Å²) in [6, 6.07) is 9.19. The van der Waals surface area contributed by atoms with Gasteiger partial charge in [0.2, 0.25) is 0 Å². The fourth-order valence-electron chi connectivity index (χ4n) is 2.20. The molecule has 100 valence electrons. The lowest BCUT2D eigenvalue weighted by Gasteiger charge is -2.17. The lowest BCUT2D eigenvalue weighted by Crippen LogP contribution is -2.23. The van der Waals surface area contributed by atoms with E-state index in [2.05, 4.69) is 13.8 Å². The van der Waals surface area contributed by atoms with Crippen LogP contribution in [-0.4, -0.2) is 5.78 Å². The van der Waals surface area contributed by atoms with Gasteiger partial charge in [0.25, 0.3) is 0 Å². The zero-order chi connectivity index (χ0) is 13.4. The summed E-state index contributed by atoms with van der Waals surface area (Å²) in [5.74, 6) is 0.663. The van der Waals surface area contributed by atoms with Crippen LogP contribution in [0, 0.1) is 5.92 Å². The molecule has 0 saturated heterocycles. The topological polar surface area (TPSA) is 43.1 Å². The summed E-state index contributed by atoms with van der Waals surface area (Å²) >= 11 is 0. The second-order valence-corrected chi connectivity index (χ2v) is 4.98. The first-order valence-corrected chi connectivity index (χ1v) is 7.02. The SMILES string of the molecule is CCCCC(CC)CC(=O)[C@H](N)c1ccccc1. The highest BCUT2D eigenvalue weighted by Gasteiger charge is 2.19. The molecule has 18 heavy (non-hydrogen) atoms. The van der Waals surface area contributed by atoms with Crippen LogP contribution in [0.5, 0.6) is 0 Å². The Morgan fingerprint density at radius 2 is 1.89 bits per heavy atom. The van der Waals surface area contributed by atoms with Crippen molar-refractivity contribution in [3.05, 3.63) is 35.9 Å². The molecule has 2 N–H and O–H groups in total. The van der Waals surface area contributed by atoms with Crippen LogP contribution in [0.3, 0.4) is 0 Å². The number of hydrogen-bond acceptors (Lipinski definition) is 2. The average Bonchev–Trinajstić information content (AvgIpc) is 2.43. The molecule has 2 heteroatoms. The first kappa shape index (κ1) is 14.9. The fraction of sp³-hybridized carbons (Fsp3) is 0.562.